The lowest BCUT2D eigenvalue weighted by Crippen LogP contribution is -2.28. The highest BCUT2D eigenvalue weighted by Crippen LogP contribution is 2.38. The number of nitro benzene ring substituents is 1. The van der Waals surface area contributed by atoms with Gasteiger partial charge in [0.2, 0.25) is 0 Å². The number of benzene rings is 3. The number of sulfonamides is 1. The van der Waals surface area contributed by atoms with Crippen molar-refractivity contribution in [2.24, 2.45) is 0 Å². The van der Waals surface area contributed by atoms with Crippen molar-refractivity contribution in [1.29, 1.82) is 0 Å². The van der Waals surface area contributed by atoms with Gasteiger partial charge in [-0.2, -0.15) is 0 Å². The molecule has 0 saturated carbocycles. The molecule has 3 rings (SSSR count). The van der Waals surface area contributed by atoms with Crippen molar-refractivity contribution in [2.75, 3.05) is 11.8 Å². The van der Waals surface area contributed by atoms with Crippen LogP contribution in [-0.2, 0) is 24.8 Å². The Morgan fingerprint density at radius 1 is 0.950 bits per heavy atom. The summed E-state index contributed by atoms with van der Waals surface area (Å²) in [5, 5.41) is 11.8. The summed E-state index contributed by atoms with van der Waals surface area (Å²) in [6.07, 6.45) is 0. The van der Waals surface area contributed by atoms with Crippen molar-refractivity contribution < 1.29 is 32.0 Å². The van der Waals surface area contributed by atoms with Crippen molar-refractivity contribution >= 4 is 37.1 Å². The first-order chi connectivity index (χ1) is 18.5. The third kappa shape index (κ3) is 7.68. The van der Waals surface area contributed by atoms with Gasteiger partial charge in [-0.3, -0.25) is 14.8 Å². The van der Waals surface area contributed by atoms with Crippen LogP contribution in [-0.4, -0.2) is 36.2 Å². The Hall–Kier alpha value is -3.74. The SMILES string of the molecule is COC(=O)c1cc(Oc2ccc([N+](=O)[O-])c(C(C)(C)O[SiH2]C(C)(C)C)c2)ccc1NS(=O)(=O)c1ccc(C)cc1. The molecule has 0 amide bonds. The first kappa shape index (κ1) is 30.8. The summed E-state index contributed by atoms with van der Waals surface area (Å²) in [6.45, 7) is 11.6. The molecule has 0 heterocycles. The largest absolute Gasteiger partial charge is 0.465 e. The van der Waals surface area contributed by atoms with Crippen LogP contribution in [0.4, 0.5) is 11.4 Å². The van der Waals surface area contributed by atoms with Crippen LogP contribution in [0.15, 0.2) is 65.6 Å². The molecule has 0 fully saturated rings. The van der Waals surface area contributed by atoms with Crippen molar-refractivity contribution in [3.8, 4) is 11.5 Å². The van der Waals surface area contributed by atoms with Crippen LogP contribution in [0, 0.1) is 17.0 Å². The molecule has 10 nitrogen and oxygen atoms in total. The number of carbonyl (C=O) groups excluding carboxylic acids is 1. The van der Waals surface area contributed by atoms with Crippen molar-refractivity contribution in [2.45, 2.75) is 57.1 Å². The molecule has 0 atom stereocenters. The Bertz CT molecular complexity index is 1510. The second-order valence-corrected chi connectivity index (χ2v) is 15.4. The fraction of sp³-hybridized carbons (Fsp3) is 0.321. The van der Waals surface area contributed by atoms with E-state index in [-0.39, 0.29) is 38.4 Å². The van der Waals surface area contributed by atoms with E-state index >= 15 is 0 Å². The number of anilines is 1. The topological polar surface area (TPSA) is 134 Å². The van der Waals surface area contributed by atoms with E-state index in [1.807, 2.05) is 6.92 Å². The summed E-state index contributed by atoms with van der Waals surface area (Å²) in [6, 6.07) is 14.8. The van der Waals surface area contributed by atoms with Gasteiger partial charge in [-0.25, -0.2) is 13.2 Å². The lowest BCUT2D eigenvalue weighted by atomic mass is 9.96. The van der Waals surface area contributed by atoms with Crippen molar-refractivity contribution in [1.82, 2.24) is 0 Å². The molecule has 0 aliphatic carbocycles. The number of esters is 1. The molecule has 1 N–H and O–H groups in total. The van der Waals surface area contributed by atoms with Gasteiger partial charge in [0.15, 0.2) is 9.76 Å². The van der Waals surface area contributed by atoms with Gasteiger partial charge in [-0.05, 0) is 68.3 Å². The number of nitro groups is 1. The lowest BCUT2D eigenvalue weighted by Gasteiger charge is -2.30. The zero-order valence-electron chi connectivity index (χ0n) is 23.6. The molecular weight excluding hydrogens is 552 g/mol. The number of nitrogens with zero attached hydrogens (tertiary/aromatic N) is 1. The van der Waals surface area contributed by atoms with Gasteiger partial charge in [0.25, 0.3) is 15.7 Å². The average Bonchev–Trinajstić information content (AvgIpc) is 2.87. The van der Waals surface area contributed by atoms with E-state index in [9.17, 15) is 23.3 Å². The van der Waals surface area contributed by atoms with E-state index < -0.39 is 36.3 Å². The first-order valence-electron chi connectivity index (χ1n) is 12.4. The summed E-state index contributed by atoms with van der Waals surface area (Å²) >= 11 is 0. The van der Waals surface area contributed by atoms with Crippen LogP contribution >= 0.6 is 0 Å². The molecule has 0 unspecified atom stereocenters. The Morgan fingerprint density at radius 2 is 1.55 bits per heavy atom. The third-order valence-electron chi connectivity index (χ3n) is 5.89. The van der Waals surface area contributed by atoms with Crippen LogP contribution in [0.5, 0.6) is 11.5 Å². The summed E-state index contributed by atoms with van der Waals surface area (Å²) < 4.78 is 45.3. The molecule has 0 aliphatic rings. The highest BCUT2D eigenvalue weighted by atomic mass is 32.2. The van der Waals surface area contributed by atoms with Crippen LogP contribution in [0.25, 0.3) is 0 Å². The molecule has 0 saturated heterocycles. The number of carbonyl (C=O) groups is 1. The van der Waals surface area contributed by atoms with Gasteiger partial charge >= 0.3 is 5.97 Å². The fourth-order valence-corrected chi connectivity index (χ4v) is 5.74. The number of nitrogens with one attached hydrogen (secondary N) is 1. The van der Waals surface area contributed by atoms with Gasteiger partial charge in [0.05, 0.1) is 39.3 Å². The standard InChI is InChI=1S/C28H34N2O8SSi/c1-18-8-12-21(13-9-18)39(34,35)29-24-14-10-19(16-22(24)26(31)36-7)37-20-11-15-25(30(32)33)23(17-20)28(5,6)38-40-27(2,3)4/h8-17,29H,40H2,1-7H3. The Labute approximate surface area is 236 Å². The number of hydrogen-bond donors (Lipinski definition) is 1. The zero-order chi connectivity index (χ0) is 29.9. The Kier molecular flexibility index (Phi) is 9.07. The molecule has 0 radical (unpaired) electrons. The smallest absolute Gasteiger partial charge is 0.340 e. The molecule has 0 aliphatic heterocycles. The van der Waals surface area contributed by atoms with Crippen molar-refractivity contribution in [3.63, 3.8) is 0 Å². The van der Waals surface area contributed by atoms with E-state index in [1.54, 1.807) is 32.0 Å². The molecule has 3 aromatic carbocycles. The first-order valence-corrected chi connectivity index (χ1v) is 15.2. The molecular formula is C28H34N2O8SSi. The predicted octanol–water partition coefficient (Wildman–Crippen LogP) is 5.84. The lowest BCUT2D eigenvalue weighted by molar-refractivity contribution is -0.386. The third-order valence-corrected chi connectivity index (χ3v) is 9.00. The Morgan fingerprint density at radius 3 is 2.12 bits per heavy atom. The maximum Gasteiger partial charge on any atom is 0.340 e. The molecule has 40 heavy (non-hydrogen) atoms. The van der Waals surface area contributed by atoms with Gasteiger partial charge in [-0.1, -0.05) is 38.5 Å². The Balaban J connectivity index is 1.96. The number of hydrogen-bond acceptors (Lipinski definition) is 8. The second-order valence-electron chi connectivity index (χ2n) is 11.0. The summed E-state index contributed by atoms with van der Waals surface area (Å²) in [7, 11) is -3.85. The maximum absolute atomic E-state index is 12.9. The van der Waals surface area contributed by atoms with E-state index in [0.29, 0.717) is 5.56 Å². The highest BCUT2D eigenvalue weighted by molar-refractivity contribution is 7.92. The number of methoxy groups -OCH3 is 1. The van der Waals surface area contributed by atoms with Crippen LogP contribution < -0.4 is 9.46 Å². The van der Waals surface area contributed by atoms with Crippen LogP contribution in [0.3, 0.4) is 0 Å². The number of rotatable bonds is 10. The fourth-order valence-electron chi connectivity index (χ4n) is 3.71. The second kappa shape index (κ2) is 11.8. The summed E-state index contributed by atoms with van der Waals surface area (Å²) in [5.74, 6) is -0.308. The normalized spacial score (nSPS) is 12.4. The summed E-state index contributed by atoms with van der Waals surface area (Å²) in [4.78, 5) is 23.9. The van der Waals surface area contributed by atoms with E-state index in [4.69, 9.17) is 13.9 Å². The molecule has 0 spiro atoms. The maximum atomic E-state index is 12.9. The van der Waals surface area contributed by atoms with Crippen LogP contribution in [0.1, 0.15) is 56.1 Å². The number of ether oxygens (including phenoxy) is 2. The minimum absolute atomic E-state index is 0.00540. The summed E-state index contributed by atoms with van der Waals surface area (Å²) in [5.41, 5.74) is 0.134. The molecule has 3 aromatic rings. The molecule has 0 aromatic heterocycles. The quantitative estimate of drug-likeness (QED) is 0.136. The van der Waals surface area contributed by atoms with Crippen molar-refractivity contribution in [3.05, 3.63) is 87.5 Å². The highest BCUT2D eigenvalue weighted by Gasteiger charge is 2.32. The molecule has 12 heteroatoms. The molecule has 0 bridgehead atoms. The van der Waals surface area contributed by atoms with E-state index in [0.717, 1.165) is 5.56 Å². The van der Waals surface area contributed by atoms with Gasteiger partial charge in [0.1, 0.15) is 11.5 Å². The minimum atomic E-state index is -3.99. The monoisotopic (exact) mass is 586 g/mol. The zero-order valence-corrected chi connectivity index (χ0v) is 25.8. The van der Waals surface area contributed by atoms with E-state index in [1.165, 1.54) is 49.6 Å². The predicted molar refractivity (Wildman–Crippen MR) is 155 cm³/mol. The average molecular weight is 587 g/mol. The number of aryl methyl sites for hydroxylation is 1. The van der Waals surface area contributed by atoms with E-state index in [2.05, 4.69) is 25.5 Å². The molecule has 214 valence electrons. The van der Waals surface area contributed by atoms with Gasteiger partial charge < -0.3 is 13.9 Å². The minimum Gasteiger partial charge on any atom is -0.465 e. The van der Waals surface area contributed by atoms with Gasteiger partial charge in [-0.15, -0.1) is 0 Å². The van der Waals surface area contributed by atoms with Crippen LogP contribution in [0.2, 0.25) is 5.04 Å². The van der Waals surface area contributed by atoms with Gasteiger partial charge in [0, 0.05) is 6.07 Å².